The van der Waals surface area contributed by atoms with E-state index in [-0.39, 0.29) is 11.9 Å². The number of methoxy groups -OCH3 is 1. The first-order valence-electron chi connectivity index (χ1n) is 7.87. The summed E-state index contributed by atoms with van der Waals surface area (Å²) >= 11 is 0. The highest BCUT2D eigenvalue weighted by Crippen LogP contribution is 2.33. The first-order chi connectivity index (χ1) is 10.7. The van der Waals surface area contributed by atoms with Crippen LogP contribution in [0.5, 0.6) is 0 Å². The number of carbonyl (C=O) groups is 2. The van der Waals surface area contributed by atoms with Crippen LogP contribution in [0.15, 0.2) is 30.4 Å². The maximum absolute atomic E-state index is 12.0. The maximum atomic E-state index is 12.0. The average molecular weight is 299 g/mol. The van der Waals surface area contributed by atoms with Crippen LogP contribution < -0.4 is 4.90 Å². The fourth-order valence-electron chi connectivity index (χ4n) is 3.28. The number of carbonyl (C=O) groups excluding carboxylic acids is 2. The molecule has 3 rings (SSSR count). The molecule has 0 radical (unpaired) electrons. The van der Waals surface area contributed by atoms with Gasteiger partial charge in [0, 0.05) is 18.7 Å². The number of esters is 1. The molecule has 4 nitrogen and oxygen atoms in total. The predicted molar refractivity (Wildman–Crippen MR) is 85.1 cm³/mol. The van der Waals surface area contributed by atoms with Crippen LogP contribution in [0.4, 0.5) is 5.69 Å². The largest absolute Gasteiger partial charge is 0.465 e. The third-order valence-electron chi connectivity index (χ3n) is 4.49. The van der Waals surface area contributed by atoms with Crippen LogP contribution in [0.25, 0.3) is 0 Å². The molecule has 4 heteroatoms. The number of rotatable bonds is 3. The number of hydrogen-bond acceptors (Lipinski definition) is 3. The number of allylic oxidation sites excluding steroid dienone is 2. The second-order valence-electron chi connectivity index (χ2n) is 5.94. The van der Waals surface area contributed by atoms with E-state index in [1.54, 1.807) is 11.0 Å². The Labute approximate surface area is 130 Å². The second-order valence-corrected chi connectivity index (χ2v) is 5.94. The lowest BCUT2D eigenvalue weighted by Gasteiger charge is -2.22. The minimum Gasteiger partial charge on any atom is -0.465 e. The molecule has 0 N–H and O–H groups in total. The van der Waals surface area contributed by atoms with Crippen molar-refractivity contribution in [2.24, 2.45) is 0 Å². The van der Waals surface area contributed by atoms with Crippen LogP contribution in [0.3, 0.4) is 0 Å². The molecule has 2 aliphatic rings. The van der Waals surface area contributed by atoms with E-state index in [0.717, 1.165) is 43.5 Å². The number of ether oxygens (including phenoxy) is 1. The highest BCUT2D eigenvalue weighted by Gasteiger charge is 2.24. The predicted octanol–water partition coefficient (Wildman–Crippen LogP) is 3.42. The van der Waals surface area contributed by atoms with Crippen molar-refractivity contribution in [2.75, 3.05) is 18.6 Å². The molecule has 22 heavy (non-hydrogen) atoms. The van der Waals surface area contributed by atoms with E-state index in [9.17, 15) is 9.59 Å². The molecule has 0 bridgehead atoms. The topological polar surface area (TPSA) is 46.6 Å². The van der Waals surface area contributed by atoms with Gasteiger partial charge in [-0.05, 0) is 55.4 Å². The summed E-state index contributed by atoms with van der Waals surface area (Å²) in [6.45, 7) is 0.730. The Kier molecular flexibility index (Phi) is 4.27. The van der Waals surface area contributed by atoms with Gasteiger partial charge in [0.25, 0.3) is 0 Å². The first-order valence-corrected chi connectivity index (χ1v) is 7.87. The average Bonchev–Trinajstić information content (AvgIpc) is 3.00. The number of amides is 1. The quantitative estimate of drug-likeness (QED) is 0.634. The van der Waals surface area contributed by atoms with Crippen molar-refractivity contribution in [1.82, 2.24) is 0 Å². The van der Waals surface area contributed by atoms with Crippen molar-refractivity contribution in [3.05, 3.63) is 41.5 Å². The summed E-state index contributed by atoms with van der Waals surface area (Å²) in [5.41, 5.74) is 2.49. The summed E-state index contributed by atoms with van der Waals surface area (Å²) in [7, 11) is 1.39. The maximum Gasteiger partial charge on any atom is 0.337 e. The van der Waals surface area contributed by atoms with E-state index in [2.05, 4.69) is 18.2 Å². The zero-order valence-corrected chi connectivity index (χ0v) is 12.9. The first kappa shape index (κ1) is 14.8. The standard InChI is InChI=1S/C18H21NO3/c1-22-18(21)15-10-14(13-6-3-2-4-7-13)11-16(12-15)19-9-5-8-17(19)20/h2-3,10-13H,4-9H2,1H3. The van der Waals surface area contributed by atoms with Gasteiger partial charge in [-0.2, -0.15) is 0 Å². The fourth-order valence-corrected chi connectivity index (χ4v) is 3.28. The van der Waals surface area contributed by atoms with Crippen LogP contribution >= 0.6 is 0 Å². The van der Waals surface area contributed by atoms with Crippen LogP contribution in [-0.4, -0.2) is 25.5 Å². The monoisotopic (exact) mass is 299 g/mol. The van der Waals surface area contributed by atoms with Gasteiger partial charge in [-0.25, -0.2) is 4.79 Å². The zero-order chi connectivity index (χ0) is 15.5. The molecule has 1 fully saturated rings. The van der Waals surface area contributed by atoms with Crippen LogP contribution in [0, 0.1) is 0 Å². The van der Waals surface area contributed by atoms with Crippen molar-refractivity contribution in [1.29, 1.82) is 0 Å². The molecule has 1 amide bonds. The molecule has 0 aromatic heterocycles. The highest BCUT2D eigenvalue weighted by atomic mass is 16.5. The summed E-state index contributed by atoms with van der Waals surface area (Å²) < 4.78 is 4.87. The molecular weight excluding hydrogens is 278 g/mol. The van der Waals surface area contributed by atoms with Gasteiger partial charge >= 0.3 is 5.97 Å². The molecule has 0 saturated carbocycles. The van der Waals surface area contributed by atoms with Gasteiger partial charge in [-0.15, -0.1) is 0 Å². The minimum atomic E-state index is -0.346. The smallest absolute Gasteiger partial charge is 0.337 e. The number of hydrogen-bond donors (Lipinski definition) is 0. The van der Waals surface area contributed by atoms with Gasteiger partial charge in [-0.3, -0.25) is 4.79 Å². The second kappa shape index (κ2) is 6.34. The van der Waals surface area contributed by atoms with Crippen molar-refractivity contribution in [3.63, 3.8) is 0 Å². The molecule has 1 heterocycles. The van der Waals surface area contributed by atoms with Gasteiger partial charge in [0.15, 0.2) is 0 Å². The Bertz CT molecular complexity index is 621. The van der Waals surface area contributed by atoms with Gasteiger partial charge < -0.3 is 9.64 Å². The normalized spacial score (nSPS) is 21.2. The van der Waals surface area contributed by atoms with Crippen LogP contribution in [0.2, 0.25) is 0 Å². The van der Waals surface area contributed by atoms with Gasteiger partial charge in [0.1, 0.15) is 0 Å². The Hall–Kier alpha value is -2.10. The van der Waals surface area contributed by atoms with Crippen LogP contribution in [-0.2, 0) is 9.53 Å². The lowest BCUT2D eigenvalue weighted by Crippen LogP contribution is -2.24. The van der Waals surface area contributed by atoms with E-state index in [0.29, 0.717) is 17.9 Å². The Morgan fingerprint density at radius 2 is 2.14 bits per heavy atom. The molecule has 1 aromatic rings. The molecule has 1 aliphatic carbocycles. The third kappa shape index (κ3) is 2.91. The number of anilines is 1. The summed E-state index contributed by atoms with van der Waals surface area (Å²) in [5.74, 6) is 0.198. The highest BCUT2D eigenvalue weighted by molar-refractivity contribution is 5.97. The molecule has 116 valence electrons. The van der Waals surface area contributed by atoms with Gasteiger partial charge in [-0.1, -0.05) is 12.2 Å². The molecular formula is C18H21NO3. The molecule has 1 atom stereocenters. The van der Waals surface area contributed by atoms with Crippen molar-refractivity contribution >= 4 is 17.6 Å². The van der Waals surface area contributed by atoms with E-state index >= 15 is 0 Å². The summed E-state index contributed by atoms with van der Waals surface area (Å²) in [6.07, 6.45) is 8.98. The van der Waals surface area contributed by atoms with Gasteiger partial charge in [0.05, 0.1) is 12.7 Å². The van der Waals surface area contributed by atoms with E-state index in [1.807, 2.05) is 6.07 Å². The van der Waals surface area contributed by atoms with E-state index in [4.69, 9.17) is 4.74 Å². The van der Waals surface area contributed by atoms with E-state index < -0.39 is 0 Å². The van der Waals surface area contributed by atoms with Gasteiger partial charge in [0.2, 0.25) is 5.91 Å². The number of benzene rings is 1. The van der Waals surface area contributed by atoms with Crippen molar-refractivity contribution in [3.8, 4) is 0 Å². The fraction of sp³-hybridized carbons (Fsp3) is 0.444. The molecule has 1 unspecified atom stereocenters. The summed E-state index contributed by atoms with van der Waals surface area (Å²) in [6, 6.07) is 5.76. The SMILES string of the molecule is COC(=O)c1cc(C2CC=CCC2)cc(N2CCCC2=O)c1. The molecule has 1 aromatic carbocycles. The molecule has 0 spiro atoms. The van der Waals surface area contributed by atoms with E-state index in [1.165, 1.54) is 7.11 Å². The summed E-state index contributed by atoms with van der Waals surface area (Å²) in [4.78, 5) is 25.8. The Morgan fingerprint density at radius 3 is 2.77 bits per heavy atom. The minimum absolute atomic E-state index is 0.136. The number of nitrogens with zero attached hydrogens (tertiary/aromatic N) is 1. The Morgan fingerprint density at radius 1 is 1.27 bits per heavy atom. The zero-order valence-electron chi connectivity index (χ0n) is 12.9. The third-order valence-corrected chi connectivity index (χ3v) is 4.49. The van der Waals surface area contributed by atoms with Crippen molar-refractivity contribution in [2.45, 2.75) is 38.0 Å². The molecule has 1 aliphatic heterocycles. The Balaban J connectivity index is 1.99. The van der Waals surface area contributed by atoms with Crippen LogP contribution in [0.1, 0.15) is 53.9 Å². The lowest BCUT2D eigenvalue weighted by atomic mass is 9.86. The lowest BCUT2D eigenvalue weighted by molar-refractivity contribution is -0.117. The van der Waals surface area contributed by atoms with Crippen molar-refractivity contribution < 1.29 is 14.3 Å². The summed E-state index contributed by atoms with van der Waals surface area (Å²) in [5, 5.41) is 0. The molecule has 1 saturated heterocycles.